The maximum Gasteiger partial charge on any atom is 0.243 e. The summed E-state index contributed by atoms with van der Waals surface area (Å²) in [4.78, 5) is 25.1. The summed E-state index contributed by atoms with van der Waals surface area (Å²) in [5.41, 5.74) is 2.37. The van der Waals surface area contributed by atoms with Gasteiger partial charge in [0.05, 0.1) is 11.3 Å². The van der Waals surface area contributed by atoms with Gasteiger partial charge < -0.3 is 0 Å². The average Bonchev–Trinajstić information content (AvgIpc) is 2.86. The smallest absolute Gasteiger partial charge is 0.243 e. The van der Waals surface area contributed by atoms with Crippen LogP contribution in [0.15, 0.2) is 54.2 Å². The zero-order valence-electron chi connectivity index (χ0n) is 12.5. The molecule has 5 heteroatoms. The van der Waals surface area contributed by atoms with Gasteiger partial charge in [-0.15, -0.1) is 0 Å². The van der Waals surface area contributed by atoms with Gasteiger partial charge in [0.25, 0.3) is 0 Å². The van der Waals surface area contributed by atoms with Crippen molar-refractivity contribution in [1.82, 2.24) is 0 Å². The molecule has 0 saturated carbocycles. The topological polar surface area (TPSA) is 38.0 Å². The van der Waals surface area contributed by atoms with Crippen LogP contribution in [0.25, 0.3) is 5.57 Å². The fourth-order valence-electron chi connectivity index (χ4n) is 2.98. The third-order valence-corrected chi connectivity index (χ3v) is 4.32. The first-order valence-electron chi connectivity index (χ1n) is 7.19. The van der Waals surface area contributed by atoms with Crippen LogP contribution in [0.2, 0.25) is 0 Å². The van der Waals surface area contributed by atoms with Gasteiger partial charge in [0.15, 0.2) is 12.0 Å². The molecule has 23 heavy (non-hydrogen) atoms. The number of nitrogens with zero attached hydrogens (tertiary/aromatic N) is 1. The molecule has 1 aromatic carbocycles. The molecule has 1 unspecified atom stereocenters. The van der Waals surface area contributed by atoms with E-state index >= 15 is 0 Å². The van der Waals surface area contributed by atoms with E-state index < -0.39 is 6.04 Å². The summed E-state index contributed by atoms with van der Waals surface area (Å²) >= 11 is 4.07. The van der Waals surface area contributed by atoms with Gasteiger partial charge in [0.2, 0.25) is 17.5 Å². The first-order valence-corrected chi connectivity index (χ1v) is 7.83. The molecule has 0 radical (unpaired) electrons. The molecule has 0 bridgehead atoms. The van der Waals surface area contributed by atoms with Crippen LogP contribution in [0.5, 0.6) is 0 Å². The molecule has 1 atom stereocenters. The first-order chi connectivity index (χ1) is 11.0. The summed E-state index contributed by atoms with van der Waals surface area (Å²) in [6.45, 7) is 1.79. The Morgan fingerprint density at radius 2 is 1.87 bits per heavy atom. The second-order valence-corrected chi connectivity index (χ2v) is 5.72. The summed E-state index contributed by atoms with van der Waals surface area (Å²) in [5.74, 6) is -0.583. The second kappa shape index (κ2) is 6.08. The maximum absolute atomic E-state index is 13.1. The first kappa shape index (κ1) is 15.6. The molecule has 0 amide bonds. The van der Waals surface area contributed by atoms with Gasteiger partial charge in [-0.05, 0) is 37.3 Å². The second-order valence-electron chi connectivity index (χ2n) is 5.41. The normalized spacial score (nSPS) is 16.4. The van der Waals surface area contributed by atoms with Crippen molar-refractivity contribution in [2.75, 3.05) is 5.75 Å². The Balaban J connectivity index is 2.11. The number of hydrogen-bond donors (Lipinski definition) is 1. The number of ketones is 2. The van der Waals surface area contributed by atoms with Crippen molar-refractivity contribution in [3.63, 3.8) is 0 Å². The number of Topliss-reactive ketones (excluding diaryl/α,β-unsaturated/α-hetero) is 2. The molecule has 0 aliphatic carbocycles. The van der Waals surface area contributed by atoms with E-state index in [0.29, 0.717) is 22.4 Å². The molecule has 0 spiro atoms. The van der Waals surface area contributed by atoms with Gasteiger partial charge in [0.1, 0.15) is 5.82 Å². The minimum absolute atomic E-state index is 0.0824. The van der Waals surface area contributed by atoms with Crippen LogP contribution in [0.4, 0.5) is 4.39 Å². The van der Waals surface area contributed by atoms with Crippen LogP contribution < -0.4 is 4.57 Å². The lowest BCUT2D eigenvalue weighted by atomic mass is 9.96. The highest BCUT2D eigenvalue weighted by Gasteiger charge is 2.43. The number of carbonyl (C=O) groups excluding carboxylic acids is 2. The Bertz CT molecular complexity index is 827. The van der Waals surface area contributed by atoms with Crippen molar-refractivity contribution in [1.29, 1.82) is 0 Å². The molecule has 0 saturated heterocycles. The zero-order valence-corrected chi connectivity index (χ0v) is 13.4. The number of benzene rings is 1. The number of allylic oxidation sites excluding steroid dienone is 2. The van der Waals surface area contributed by atoms with E-state index in [1.165, 1.54) is 24.3 Å². The van der Waals surface area contributed by atoms with Crippen molar-refractivity contribution in [3.05, 3.63) is 71.3 Å². The summed E-state index contributed by atoms with van der Waals surface area (Å²) < 4.78 is 14.9. The van der Waals surface area contributed by atoms with E-state index in [2.05, 4.69) is 12.6 Å². The minimum Gasteiger partial charge on any atom is -0.293 e. The molecule has 3 rings (SSSR count). The molecule has 1 aliphatic rings. The van der Waals surface area contributed by atoms with E-state index in [4.69, 9.17) is 0 Å². The Hall–Kier alpha value is -2.27. The predicted molar refractivity (Wildman–Crippen MR) is 87.9 cm³/mol. The number of aromatic nitrogens is 1. The van der Waals surface area contributed by atoms with E-state index in [9.17, 15) is 14.0 Å². The number of thiol groups is 1. The van der Waals surface area contributed by atoms with Crippen molar-refractivity contribution in [2.45, 2.75) is 13.0 Å². The average molecular weight is 328 g/mol. The fourth-order valence-corrected chi connectivity index (χ4v) is 3.14. The highest BCUT2D eigenvalue weighted by molar-refractivity contribution is 7.81. The fraction of sp³-hybridized carbons (Fsp3) is 0.167. The minimum atomic E-state index is -0.588. The van der Waals surface area contributed by atoms with Gasteiger partial charge in [-0.25, -0.2) is 4.39 Å². The predicted octanol–water partition coefficient (Wildman–Crippen LogP) is 2.82. The number of fused-ring (bicyclic) bond motifs is 1. The van der Waals surface area contributed by atoms with Gasteiger partial charge in [0, 0.05) is 23.3 Å². The zero-order chi connectivity index (χ0) is 16.6. The lowest BCUT2D eigenvalue weighted by molar-refractivity contribution is -0.697. The number of carbonyl (C=O) groups is 2. The molecular weight excluding hydrogens is 313 g/mol. The third-order valence-electron chi connectivity index (χ3n) is 4.03. The molecule has 0 fully saturated rings. The Labute approximate surface area is 138 Å². The Kier molecular flexibility index (Phi) is 4.13. The van der Waals surface area contributed by atoms with Crippen LogP contribution in [0.1, 0.15) is 29.0 Å². The molecule has 116 valence electrons. The molecule has 0 N–H and O–H groups in total. The van der Waals surface area contributed by atoms with E-state index in [1.54, 1.807) is 17.7 Å². The SMILES string of the molecule is CC1=C(C(=O)CS)c2cccc[n+]2C1C(=O)c1ccc(F)cc1. The monoisotopic (exact) mass is 328 g/mol. The summed E-state index contributed by atoms with van der Waals surface area (Å²) in [7, 11) is 0. The van der Waals surface area contributed by atoms with E-state index in [0.717, 1.165) is 0 Å². The molecule has 3 nitrogen and oxygen atoms in total. The highest BCUT2D eigenvalue weighted by atomic mass is 32.1. The van der Waals surface area contributed by atoms with Gasteiger partial charge in [-0.2, -0.15) is 17.2 Å². The number of hydrogen-bond acceptors (Lipinski definition) is 3. The summed E-state index contributed by atoms with van der Waals surface area (Å²) in [6, 6.07) is 10.3. The van der Waals surface area contributed by atoms with E-state index in [1.807, 2.05) is 18.2 Å². The molecule has 1 aromatic heterocycles. The van der Waals surface area contributed by atoms with Crippen molar-refractivity contribution >= 4 is 29.8 Å². The lowest BCUT2D eigenvalue weighted by Crippen LogP contribution is -2.43. The van der Waals surface area contributed by atoms with Crippen molar-refractivity contribution < 1.29 is 18.5 Å². The molecule has 2 heterocycles. The van der Waals surface area contributed by atoms with Crippen LogP contribution in [-0.4, -0.2) is 17.3 Å². The summed E-state index contributed by atoms with van der Waals surface area (Å²) in [6.07, 6.45) is 1.78. The standard InChI is InChI=1S/C18H14FNO2S/c1-11-16(15(21)10-23)14-4-2-3-9-20(14)17(11)18(22)12-5-7-13(19)8-6-12/h2-9,17H,10H2,1H3/p+1. The quantitative estimate of drug-likeness (QED) is 0.532. The van der Waals surface area contributed by atoms with Crippen LogP contribution in [0, 0.1) is 5.82 Å². The third kappa shape index (κ3) is 2.61. The molecule has 2 aromatic rings. The molecular formula is C18H15FNO2S+. The van der Waals surface area contributed by atoms with E-state index in [-0.39, 0.29) is 23.1 Å². The number of rotatable bonds is 4. The lowest BCUT2D eigenvalue weighted by Gasteiger charge is -2.08. The molecule has 1 aliphatic heterocycles. The largest absolute Gasteiger partial charge is 0.293 e. The Morgan fingerprint density at radius 1 is 1.17 bits per heavy atom. The van der Waals surface area contributed by atoms with Gasteiger partial charge >= 0.3 is 0 Å². The van der Waals surface area contributed by atoms with Gasteiger partial charge in [-0.1, -0.05) is 0 Å². The van der Waals surface area contributed by atoms with Gasteiger partial charge in [-0.3, -0.25) is 9.59 Å². The highest BCUT2D eigenvalue weighted by Crippen LogP contribution is 2.32. The summed E-state index contributed by atoms with van der Waals surface area (Å²) in [5, 5.41) is 0. The van der Waals surface area contributed by atoms with Crippen LogP contribution in [0.3, 0.4) is 0 Å². The van der Waals surface area contributed by atoms with Crippen molar-refractivity contribution in [3.8, 4) is 0 Å². The number of pyridine rings is 1. The number of halogens is 1. The Morgan fingerprint density at radius 3 is 2.52 bits per heavy atom. The van der Waals surface area contributed by atoms with Crippen LogP contribution >= 0.6 is 12.6 Å². The van der Waals surface area contributed by atoms with Crippen LogP contribution in [-0.2, 0) is 4.79 Å². The maximum atomic E-state index is 13.1. The van der Waals surface area contributed by atoms with Crippen molar-refractivity contribution in [2.24, 2.45) is 0 Å².